The van der Waals surface area contributed by atoms with Crippen molar-refractivity contribution >= 4 is 40.9 Å². The van der Waals surface area contributed by atoms with Crippen LogP contribution in [0.5, 0.6) is 0 Å². The van der Waals surface area contributed by atoms with Gasteiger partial charge in [-0.15, -0.1) is 0 Å². The van der Waals surface area contributed by atoms with Gasteiger partial charge in [0, 0.05) is 37.8 Å². The molecule has 2 heterocycles. The first-order valence-corrected chi connectivity index (χ1v) is 10.8. The summed E-state index contributed by atoms with van der Waals surface area (Å²) < 4.78 is 0. The van der Waals surface area contributed by atoms with E-state index in [-0.39, 0.29) is 23.9 Å². The molecule has 1 spiro atoms. The quantitative estimate of drug-likeness (QED) is 0.778. The van der Waals surface area contributed by atoms with Crippen LogP contribution >= 0.6 is 11.6 Å². The van der Waals surface area contributed by atoms with Crippen LogP contribution in [0.3, 0.4) is 0 Å². The van der Waals surface area contributed by atoms with Crippen LogP contribution in [0.1, 0.15) is 25.7 Å². The van der Waals surface area contributed by atoms with Gasteiger partial charge in [0.1, 0.15) is 0 Å². The van der Waals surface area contributed by atoms with E-state index in [1.165, 1.54) is 4.90 Å². The highest BCUT2D eigenvalue weighted by molar-refractivity contribution is 6.36. The monoisotopic (exact) mass is 438 g/mol. The lowest BCUT2D eigenvalue weighted by Crippen LogP contribution is -2.54. The standard InChI is InChI=1S/C23H23ClN4O3/c1-26-14-12-23(10-11-23)28(22(26)31)16-7-5-15(6-8-16)17-3-2-4-18(20(17)24)27-13-9-19(29)25-21(27)30/h2-8H,9-14H2,1H3,(H,25,29,30). The molecule has 2 aromatic carbocycles. The van der Waals surface area contributed by atoms with Crippen molar-refractivity contribution in [3.63, 3.8) is 0 Å². The topological polar surface area (TPSA) is 73.0 Å². The number of benzene rings is 2. The molecule has 1 saturated carbocycles. The van der Waals surface area contributed by atoms with Crippen molar-refractivity contribution in [2.75, 3.05) is 29.9 Å². The van der Waals surface area contributed by atoms with E-state index in [0.29, 0.717) is 17.3 Å². The summed E-state index contributed by atoms with van der Waals surface area (Å²) in [4.78, 5) is 41.7. The van der Waals surface area contributed by atoms with E-state index in [1.807, 2.05) is 48.3 Å². The number of halogens is 1. The zero-order valence-electron chi connectivity index (χ0n) is 17.2. The summed E-state index contributed by atoms with van der Waals surface area (Å²) in [7, 11) is 1.84. The second-order valence-corrected chi connectivity index (χ2v) is 8.83. The Labute approximate surface area is 185 Å². The number of rotatable bonds is 3. The number of hydrogen-bond donors (Lipinski definition) is 1. The van der Waals surface area contributed by atoms with Crippen molar-refractivity contribution in [3.05, 3.63) is 47.5 Å². The van der Waals surface area contributed by atoms with Crippen LogP contribution in [0.15, 0.2) is 42.5 Å². The Balaban J connectivity index is 1.45. The van der Waals surface area contributed by atoms with Gasteiger partial charge < -0.3 is 4.90 Å². The van der Waals surface area contributed by atoms with Crippen molar-refractivity contribution in [2.24, 2.45) is 0 Å². The summed E-state index contributed by atoms with van der Waals surface area (Å²) in [5.41, 5.74) is 3.12. The minimum absolute atomic E-state index is 0.0261. The normalized spacial score (nSPS) is 20.3. The second kappa shape index (κ2) is 7.27. The zero-order chi connectivity index (χ0) is 21.8. The van der Waals surface area contributed by atoms with Crippen molar-refractivity contribution in [3.8, 4) is 11.1 Å². The smallest absolute Gasteiger partial charge is 0.327 e. The maximum Gasteiger partial charge on any atom is 0.328 e. The Kier molecular flexibility index (Phi) is 4.66. The van der Waals surface area contributed by atoms with Crippen LogP contribution in [-0.2, 0) is 4.79 Å². The summed E-state index contributed by atoms with van der Waals surface area (Å²) in [6.07, 6.45) is 3.32. The molecule has 0 aromatic heterocycles. The summed E-state index contributed by atoms with van der Waals surface area (Å²) >= 11 is 6.69. The van der Waals surface area contributed by atoms with Crippen molar-refractivity contribution in [1.29, 1.82) is 0 Å². The van der Waals surface area contributed by atoms with Gasteiger partial charge in [0.2, 0.25) is 5.91 Å². The van der Waals surface area contributed by atoms with E-state index >= 15 is 0 Å². The Morgan fingerprint density at radius 2 is 1.71 bits per heavy atom. The first-order valence-electron chi connectivity index (χ1n) is 10.5. The SMILES string of the molecule is CN1CCC2(CC2)N(c2ccc(-c3cccc(N4CCC(=O)NC4=O)c3Cl)cc2)C1=O. The predicted octanol–water partition coefficient (Wildman–Crippen LogP) is 4.25. The molecule has 0 atom stereocenters. The summed E-state index contributed by atoms with van der Waals surface area (Å²) in [6, 6.07) is 12.9. The maximum absolute atomic E-state index is 12.8. The minimum atomic E-state index is -0.465. The largest absolute Gasteiger partial charge is 0.328 e. The van der Waals surface area contributed by atoms with Gasteiger partial charge >= 0.3 is 12.1 Å². The molecule has 2 saturated heterocycles. The molecule has 3 aliphatic rings. The second-order valence-electron chi connectivity index (χ2n) is 8.45. The van der Waals surface area contributed by atoms with Gasteiger partial charge in [-0.3, -0.25) is 19.9 Å². The van der Waals surface area contributed by atoms with E-state index in [2.05, 4.69) is 5.32 Å². The van der Waals surface area contributed by atoms with Gasteiger partial charge in [0.25, 0.3) is 0 Å². The number of imide groups is 1. The number of anilines is 2. The predicted molar refractivity (Wildman–Crippen MR) is 119 cm³/mol. The highest BCUT2D eigenvalue weighted by atomic mass is 35.5. The summed E-state index contributed by atoms with van der Waals surface area (Å²) in [5, 5.41) is 2.78. The average Bonchev–Trinajstić information content (AvgIpc) is 3.53. The molecule has 5 rings (SSSR count). The Hall–Kier alpha value is -3.06. The minimum Gasteiger partial charge on any atom is -0.327 e. The number of amides is 5. The Morgan fingerprint density at radius 1 is 0.968 bits per heavy atom. The molecule has 1 N–H and O–H groups in total. The Morgan fingerprint density at radius 3 is 2.39 bits per heavy atom. The van der Waals surface area contributed by atoms with Crippen LogP contribution in [0.4, 0.5) is 21.0 Å². The van der Waals surface area contributed by atoms with Crippen LogP contribution < -0.4 is 15.1 Å². The van der Waals surface area contributed by atoms with Gasteiger partial charge in [0.05, 0.1) is 16.2 Å². The number of carbonyl (C=O) groups is 3. The fourth-order valence-corrected chi connectivity index (χ4v) is 4.83. The number of urea groups is 2. The molecule has 3 fully saturated rings. The first-order chi connectivity index (χ1) is 14.9. The van der Waals surface area contributed by atoms with Gasteiger partial charge in [-0.05, 0) is 43.0 Å². The molecular formula is C23H23ClN4O3. The molecule has 2 aromatic rings. The molecule has 2 aliphatic heterocycles. The van der Waals surface area contributed by atoms with Crippen LogP contribution in [-0.4, -0.2) is 48.5 Å². The van der Waals surface area contributed by atoms with E-state index in [9.17, 15) is 14.4 Å². The van der Waals surface area contributed by atoms with Crippen LogP contribution in [0.2, 0.25) is 5.02 Å². The molecule has 1 aliphatic carbocycles. The molecular weight excluding hydrogens is 416 g/mol. The Bertz CT molecular complexity index is 1080. The molecule has 0 bridgehead atoms. The lowest BCUT2D eigenvalue weighted by Gasteiger charge is -2.40. The van der Waals surface area contributed by atoms with Gasteiger partial charge in [-0.1, -0.05) is 35.9 Å². The van der Waals surface area contributed by atoms with E-state index in [1.54, 1.807) is 11.0 Å². The molecule has 8 heteroatoms. The molecule has 160 valence electrons. The number of nitrogens with one attached hydrogen (secondary N) is 1. The first kappa shape index (κ1) is 19.9. The third kappa shape index (κ3) is 3.33. The highest BCUT2D eigenvalue weighted by Gasteiger charge is 2.53. The average molecular weight is 439 g/mol. The number of carbonyl (C=O) groups excluding carboxylic acids is 3. The van der Waals surface area contributed by atoms with Crippen LogP contribution in [0.25, 0.3) is 11.1 Å². The number of nitrogens with zero attached hydrogens (tertiary/aromatic N) is 3. The van der Waals surface area contributed by atoms with Crippen molar-refractivity contribution in [2.45, 2.75) is 31.2 Å². The maximum atomic E-state index is 12.8. The molecule has 31 heavy (non-hydrogen) atoms. The zero-order valence-corrected chi connectivity index (χ0v) is 18.0. The molecule has 0 radical (unpaired) electrons. The van der Waals surface area contributed by atoms with E-state index in [0.717, 1.165) is 42.6 Å². The summed E-state index contributed by atoms with van der Waals surface area (Å²) in [5.74, 6) is -0.282. The third-order valence-corrected chi connectivity index (χ3v) is 6.89. The van der Waals surface area contributed by atoms with Gasteiger partial charge in [0.15, 0.2) is 0 Å². The van der Waals surface area contributed by atoms with Gasteiger partial charge in [-0.25, -0.2) is 9.59 Å². The van der Waals surface area contributed by atoms with E-state index < -0.39 is 6.03 Å². The third-order valence-electron chi connectivity index (χ3n) is 6.49. The number of hydrogen-bond acceptors (Lipinski definition) is 3. The molecule has 0 unspecified atom stereocenters. The fourth-order valence-electron chi connectivity index (χ4n) is 4.49. The lowest BCUT2D eigenvalue weighted by atomic mass is 10.0. The lowest BCUT2D eigenvalue weighted by molar-refractivity contribution is -0.120. The molecule has 7 nitrogen and oxygen atoms in total. The fraction of sp³-hybridized carbons (Fsp3) is 0.348. The highest BCUT2D eigenvalue weighted by Crippen LogP contribution is 2.49. The summed E-state index contributed by atoms with van der Waals surface area (Å²) in [6.45, 7) is 1.09. The van der Waals surface area contributed by atoms with Crippen LogP contribution in [0, 0.1) is 0 Å². The van der Waals surface area contributed by atoms with Crippen molar-refractivity contribution < 1.29 is 14.4 Å². The molecule has 5 amide bonds. The van der Waals surface area contributed by atoms with Crippen molar-refractivity contribution in [1.82, 2.24) is 10.2 Å². The van der Waals surface area contributed by atoms with E-state index in [4.69, 9.17) is 11.6 Å². The van der Waals surface area contributed by atoms with Gasteiger partial charge in [-0.2, -0.15) is 0 Å².